The maximum Gasteiger partial charge on any atom is 0.224 e. The highest BCUT2D eigenvalue weighted by Gasteiger charge is 2.25. The Kier molecular flexibility index (Phi) is 6.54. The minimum Gasteiger partial charge on any atom is -0.352 e. The lowest BCUT2D eigenvalue weighted by atomic mass is 9.96. The lowest BCUT2D eigenvalue weighted by Crippen LogP contribution is -2.42. The van der Waals surface area contributed by atoms with E-state index in [0.717, 1.165) is 50.1 Å². The van der Waals surface area contributed by atoms with Crippen LogP contribution in [0.3, 0.4) is 0 Å². The summed E-state index contributed by atoms with van der Waals surface area (Å²) in [5.41, 5.74) is 3.37. The van der Waals surface area contributed by atoms with Crippen molar-refractivity contribution in [2.24, 2.45) is 5.92 Å². The van der Waals surface area contributed by atoms with Gasteiger partial charge < -0.3 is 9.88 Å². The molecule has 0 radical (unpaired) electrons. The molecule has 0 spiro atoms. The first kappa shape index (κ1) is 20.3. The van der Waals surface area contributed by atoms with Gasteiger partial charge in [-0.3, -0.25) is 9.69 Å². The first-order chi connectivity index (χ1) is 14.7. The number of hydrogen-bond donors (Lipinski definition) is 1. The van der Waals surface area contributed by atoms with Crippen LogP contribution in [0, 0.1) is 11.7 Å². The molecule has 2 heterocycles. The minimum absolute atomic E-state index is 0.000266. The number of amides is 1. The Hall–Kier alpha value is -2.99. The first-order valence-corrected chi connectivity index (χ1v) is 10.4. The summed E-state index contributed by atoms with van der Waals surface area (Å²) in [6.45, 7) is 3.80. The smallest absolute Gasteiger partial charge is 0.224 e. The number of rotatable bonds is 7. The number of nitrogens with zero attached hydrogens (tertiary/aromatic N) is 3. The fourth-order valence-corrected chi connectivity index (χ4v) is 3.95. The zero-order chi connectivity index (χ0) is 20.8. The van der Waals surface area contributed by atoms with Crippen molar-refractivity contribution in [1.29, 1.82) is 0 Å². The molecule has 4 rings (SSSR count). The minimum atomic E-state index is -0.218. The van der Waals surface area contributed by atoms with E-state index in [-0.39, 0.29) is 17.6 Å². The van der Waals surface area contributed by atoms with Crippen molar-refractivity contribution in [3.05, 3.63) is 89.8 Å². The molecular weight excluding hydrogens is 379 g/mol. The van der Waals surface area contributed by atoms with Crippen LogP contribution in [0.4, 0.5) is 4.39 Å². The maximum atomic E-state index is 13.1. The molecule has 1 fully saturated rings. The molecule has 0 bridgehead atoms. The lowest BCUT2D eigenvalue weighted by molar-refractivity contribution is -0.126. The van der Waals surface area contributed by atoms with Gasteiger partial charge in [-0.15, -0.1) is 0 Å². The average Bonchev–Trinajstić information content (AvgIpc) is 3.28. The van der Waals surface area contributed by atoms with E-state index in [1.807, 2.05) is 22.9 Å². The van der Waals surface area contributed by atoms with Gasteiger partial charge in [0, 0.05) is 38.6 Å². The van der Waals surface area contributed by atoms with Gasteiger partial charge in [-0.2, -0.15) is 0 Å². The first-order valence-electron chi connectivity index (χ1n) is 10.4. The summed E-state index contributed by atoms with van der Waals surface area (Å²) in [4.78, 5) is 19.0. The molecule has 30 heavy (non-hydrogen) atoms. The van der Waals surface area contributed by atoms with Crippen molar-refractivity contribution in [2.45, 2.75) is 32.5 Å². The molecule has 5 nitrogen and oxygen atoms in total. The highest BCUT2D eigenvalue weighted by molar-refractivity contribution is 5.79. The van der Waals surface area contributed by atoms with Crippen molar-refractivity contribution >= 4 is 5.91 Å². The van der Waals surface area contributed by atoms with Crippen molar-refractivity contribution < 1.29 is 9.18 Å². The van der Waals surface area contributed by atoms with Crippen molar-refractivity contribution in [2.75, 3.05) is 13.1 Å². The van der Waals surface area contributed by atoms with E-state index < -0.39 is 0 Å². The second kappa shape index (κ2) is 9.67. The molecule has 1 aromatic heterocycles. The standard InChI is InChI=1S/C24H27FN4O/c25-23-9-7-21(8-10-23)15-28-12-1-2-22(17-28)24(30)27-14-19-3-5-20(6-4-19)16-29-13-11-26-18-29/h3-11,13,18,22H,1-2,12,14-17H2,(H,27,30). The van der Waals surface area contributed by atoms with E-state index in [2.05, 4.69) is 39.5 Å². The summed E-state index contributed by atoms with van der Waals surface area (Å²) >= 11 is 0. The third-order valence-electron chi connectivity index (χ3n) is 5.61. The average molecular weight is 407 g/mol. The quantitative estimate of drug-likeness (QED) is 0.652. The molecule has 1 unspecified atom stereocenters. The van der Waals surface area contributed by atoms with Crippen LogP contribution >= 0.6 is 0 Å². The Balaban J connectivity index is 1.25. The predicted octanol–water partition coefficient (Wildman–Crippen LogP) is 3.60. The number of imidazole rings is 1. The molecule has 3 aromatic rings. The van der Waals surface area contributed by atoms with Gasteiger partial charge in [0.2, 0.25) is 5.91 Å². The fraction of sp³-hybridized carbons (Fsp3) is 0.333. The SMILES string of the molecule is O=C(NCc1ccc(Cn2ccnc2)cc1)C1CCCN(Cc2ccc(F)cc2)C1. The number of hydrogen-bond acceptors (Lipinski definition) is 3. The number of nitrogens with one attached hydrogen (secondary N) is 1. The van der Waals surface area contributed by atoms with E-state index in [9.17, 15) is 9.18 Å². The monoisotopic (exact) mass is 406 g/mol. The van der Waals surface area contributed by atoms with Gasteiger partial charge >= 0.3 is 0 Å². The second-order valence-electron chi connectivity index (χ2n) is 7.97. The third-order valence-corrected chi connectivity index (χ3v) is 5.61. The van der Waals surface area contributed by atoms with Gasteiger partial charge in [-0.1, -0.05) is 36.4 Å². The predicted molar refractivity (Wildman–Crippen MR) is 114 cm³/mol. The molecule has 2 aromatic carbocycles. The van der Waals surface area contributed by atoms with E-state index in [0.29, 0.717) is 6.54 Å². The summed E-state index contributed by atoms with van der Waals surface area (Å²) in [5.74, 6) is -0.106. The Bertz CT molecular complexity index is 938. The molecular formula is C24H27FN4O. The molecule has 0 aliphatic carbocycles. The van der Waals surface area contributed by atoms with Gasteiger partial charge in [-0.25, -0.2) is 9.37 Å². The topological polar surface area (TPSA) is 50.2 Å². The van der Waals surface area contributed by atoms with Crippen LogP contribution in [0.15, 0.2) is 67.3 Å². The van der Waals surface area contributed by atoms with E-state index in [1.165, 1.54) is 17.7 Å². The van der Waals surface area contributed by atoms with Crippen molar-refractivity contribution in [1.82, 2.24) is 19.8 Å². The van der Waals surface area contributed by atoms with Crippen LogP contribution in [0.1, 0.15) is 29.5 Å². The second-order valence-corrected chi connectivity index (χ2v) is 7.97. The number of halogens is 1. The van der Waals surface area contributed by atoms with Gasteiger partial charge in [-0.05, 0) is 48.2 Å². The van der Waals surface area contributed by atoms with Gasteiger partial charge in [0.25, 0.3) is 0 Å². The van der Waals surface area contributed by atoms with Crippen LogP contribution < -0.4 is 5.32 Å². The highest BCUT2D eigenvalue weighted by Crippen LogP contribution is 2.19. The van der Waals surface area contributed by atoms with Gasteiger partial charge in [0.1, 0.15) is 5.82 Å². The normalized spacial score (nSPS) is 17.0. The van der Waals surface area contributed by atoms with Gasteiger partial charge in [0.15, 0.2) is 0 Å². The molecule has 0 saturated carbocycles. The number of likely N-dealkylation sites (tertiary alicyclic amines) is 1. The number of benzene rings is 2. The number of carbonyl (C=O) groups is 1. The molecule has 1 saturated heterocycles. The fourth-order valence-electron chi connectivity index (χ4n) is 3.95. The van der Waals surface area contributed by atoms with E-state index >= 15 is 0 Å². The van der Waals surface area contributed by atoms with Crippen LogP contribution in [0.25, 0.3) is 0 Å². The van der Waals surface area contributed by atoms with E-state index in [1.54, 1.807) is 12.5 Å². The van der Waals surface area contributed by atoms with Gasteiger partial charge in [0.05, 0.1) is 12.2 Å². The maximum absolute atomic E-state index is 13.1. The molecule has 6 heteroatoms. The molecule has 1 aliphatic rings. The van der Waals surface area contributed by atoms with Crippen LogP contribution in [-0.4, -0.2) is 33.4 Å². The summed E-state index contributed by atoms with van der Waals surface area (Å²) in [6, 6.07) is 14.9. The number of aromatic nitrogens is 2. The zero-order valence-corrected chi connectivity index (χ0v) is 17.0. The third kappa shape index (κ3) is 5.54. The highest BCUT2D eigenvalue weighted by atomic mass is 19.1. The summed E-state index contributed by atoms with van der Waals surface area (Å²) < 4.78 is 15.1. The largest absolute Gasteiger partial charge is 0.352 e. The Morgan fingerprint density at radius 3 is 2.47 bits per heavy atom. The van der Waals surface area contributed by atoms with Crippen LogP contribution in [-0.2, 0) is 24.4 Å². The Morgan fingerprint density at radius 2 is 1.73 bits per heavy atom. The Morgan fingerprint density at radius 1 is 1.03 bits per heavy atom. The molecule has 1 atom stereocenters. The van der Waals surface area contributed by atoms with E-state index in [4.69, 9.17) is 0 Å². The number of piperidine rings is 1. The Labute approximate surface area is 176 Å². The summed E-state index contributed by atoms with van der Waals surface area (Å²) in [5, 5.41) is 3.10. The van der Waals surface area contributed by atoms with Crippen molar-refractivity contribution in [3.63, 3.8) is 0 Å². The molecule has 156 valence electrons. The molecule has 1 amide bonds. The van der Waals surface area contributed by atoms with Crippen molar-refractivity contribution in [3.8, 4) is 0 Å². The number of carbonyl (C=O) groups excluding carboxylic acids is 1. The molecule has 1 N–H and O–H groups in total. The lowest BCUT2D eigenvalue weighted by Gasteiger charge is -2.32. The van der Waals surface area contributed by atoms with Crippen LogP contribution in [0.5, 0.6) is 0 Å². The summed E-state index contributed by atoms with van der Waals surface area (Å²) in [7, 11) is 0. The molecule has 1 aliphatic heterocycles. The van der Waals surface area contributed by atoms with Crippen LogP contribution in [0.2, 0.25) is 0 Å². The summed E-state index contributed by atoms with van der Waals surface area (Å²) in [6.07, 6.45) is 7.43. The zero-order valence-electron chi connectivity index (χ0n) is 17.0.